The van der Waals surface area contributed by atoms with Crippen molar-refractivity contribution in [2.45, 2.75) is 38.0 Å². The second-order valence-corrected chi connectivity index (χ2v) is 7.91. The van der Waals surface area contributed by atoms with E-state index in [1.807, 2.05) is 12.1 Å². The van der Waals surface area contributed by atoms with Crippen LogP contribution in [0.15, 0.2) is 29.2 Å². The molecule has 1 heterocycles. The maximum Gasteiger partial charge on any atom is 0.409 e. The van der Waals surface area contributed by atoms with Gasteiger partial charge in [-0.3, -0.25) is 0 Å². The fourth-order valence-electron chi connectivity index (χ4n) is 2.68. The number of hydrogen-bond donors (Lipinski definition) is 0. The number of benzene rings is 1. The van der Waals surface area contributed by atoms with Gasteiger partial charge in [-0.2, -0.15) is 4.31 Å². The lowest BCUT2D eigenvalue weighted by atomic mass is 9.99. The molecule has 134 valence electrons. The van der Waals surface area contributed by atoms with Crippen LogP contribution in [0, 0.1) is 0 Å². The summed E-state index contributed by atoms with van der Waals surface area (Å²) in [5.74, 6) is 0.412. The van der Waals surface area contributed by atoms with Gasteiger partial charge in [0.05, 0.1) is 11.5 Å². The monoisotopic (exact) mass is 354 g/mol. The molecular weight excluding hydrogens is 328 g/mol. The predicted molar refractivity (Wildman–Crippen MR) is 92.5 cm³/mol. The van der Waals surface area contributed by atoms with E-state index in [2.05, 4.69) is 13.8 Å². The lowest BCUT2D eigenvalue weighted by Gasteiger charge is -2.33. The van der Waals surface area contributed by atoms with Crippen molar-refractivity contribution in [2.75, 3.05) is 32.8 Å². The number of hydrogen-bond acceptors (Lipinski definition) is 4. The molecule has 2 rings (SSSR count). The van der Waals surface area contributed by atoms with Gasteiger partial charge in [0.15, 0.2) is 0 Å². The Hall–Kier alpha value is -1.60. The van der Waals surface area contributed by atoms with E-state index in [9.17, 15) is 13.2 Å². The van der Waals surface area contributed by atoms with E-state index in [0.717, 1.165) is 12.0 Å². The molecule has 1 aliphatic heterocycles. The highest BCUT2D eigenvalue weighted by atomic mass is 32.2. The third kappa shape index (κ3) is 4.08. The van der Waals surface area contributed by atoms with Crippen molar-refractivity contribution < 1.29 is 17.9 Å². The van der Waals surface area contributed by atoms with Gasteiger partial charge in [0.25, 0.3) is 0 Å². The number of nitrogens with zero attached hydrogens (tertiary/aromatic N) is 2. The summed E-state index contributed by atoms with van der Waals surface area (Å²) < 4.78 is 31.8. The van der Waals surface area contributed by atoms with Crippen LogP contribution in [-0.2, 0) is 14.8 Å². The van der Waals surface area contributed by atoms with Crippen LogP contribution in [0.3, 0.4) is 0 Å². The average Bonchev–Trinajstić information content (AvgIpc) is 2.61. The number of carbonyl (C=O) groups excluding carboxylic acids is 1. The largest absolute Gasteiger partial charge is 0.450 e. The number of piperazine rings is 1. The van der Waals surface area contributed by atoms with E-state index in [0.29, 0.717) is 30.5 Å². The molecule has 0 spiro atoms. The Morgan fingerprint density at radius 1 is 1.12 bits per heavy atom. The molecule has 0 radical (unpaired) electrons. The van der Waals surface area contributed by atoms with Crippen LogP contribution in [0.5, 0.6) is 0 Å². The van der Waals surface area contributed by atoms with Gasteiger partial charge in [0, 0.05) is 26.2 Å². The van der Waals surface area contributed by atoms with Crippen molar-refractivity contribution in [2.24, 2.45) is 0 Å². The molecule has 0 N–H and O–H groups in total. The Labute approximate surface area is 144 Å². The van der Waals surface area contributed by atoms with Gasteiger partial charge >= 0.3 is 6.09 Å². The number of rotatable bonds is 5. The highest BCUT2D eigenvalue weighted by Crippen LogP contribution is 2.23. The first-order valence-corrected chi connectivity index (χ1v) is 9.86. The van der Waals surface area contributed by atoms with Crippen LogP contribution in [0.25, 0.3) is 0 Å². The Bertz CT molecular complexity index is 650. The summed E-state index contributed by atoms with van der Waals surface area (Å²) in [4.78, 5) is 13.5. The zero-order valence-electron chi connectivity index (χ0n) is 14.6. The zero-order valence-corrected chi connectivity index (χ0v) is 15.4. The quantitative estimate of drug-likeness (QED) is 0.815. The number of carbonyl (C=O) groups is 1. The van der Waals surface area contributed by atoms with Crippen molar-refractivity contribution in [3.8, 4) is 0 Å². The Balaban J connectivity index is 2.05. The first-order valence-electron chi connectivity index (χ1n) is 8.42. The maximum absolute atomic E-state index is 12.7. The second kappa shape index (κ2) is 7.98. The van der Waals surface area contributed by atoms with Crippen LogP contribution >= 0.6 is 0 Å². The van der Waals surface area contributed by atoms with Gasteiger partial charge in [-0.1, -0.05) is 26.0 Å². The van der Waals surface area contributed by atoms with E-state index in [-0.39, 0.29) is 19.2 Å². The molecule has 1 aliphatic rings. The number of sulfonamides is 1. The highest BCUT2D eigenvalue weighted by Gasteiger charge is 2.30. The highest BCUT2D eigenvalue weighted by molar-refractivity contribution is 7.89. The standard InChI is InChI=1S/C17H26N2O4S/c1-4-14(3)15-6-8-16(9-7-15)24(21,22)19-12-10-18(11-13-19)17(20)23-5-2/h6-9,14H,4-5,10-13H2,1-3H3/t14-/m1/s1. The van der Waals surface area contributed by atoms with Gasteiger partial charge in [0.1, 0.15) is 0 Å². The fraction of sp³-hybridized carbons (Fsp3) is 0.588. The normalized spacial score (nSPS) is 17.5. The predicted octanol–water partition coefficient (Wildman–Crippen LogP) is 2.66. The van der Waals surface area contributed by atoms with Crippen molar-refractivity contribution in [1.82, 2.24) is 9.21 Å². The second-order valence-electron chi connectivity index (χ2n) is 5.97. The molecule has 1 fully saturated rings. The molecular formula is C17H26N2O4S. The summed E-state index contributed by atoms with van der Waals surface area (Å²) in [5.41, 5.74) is 1.14. The van der Waals surface area contributed by atoms with Gasteiger partial charge < -0.3 is 9.64 Å². The van der Waals surface area contributed by atoms with Crippen molar-refractivity contribution in [1.29, 1.82) is 0 Å². The molecule has 6 nitrogen and oxygen atoms in total. The fourth-order valence-corrected chi connectivity index (χ4v) is 4.10. The molecule has 1 atom stereocenters. The summed E-state index contributed by atoms with van der Waals surface area (Å²) in [6, 6.07) is 7.12. The molecule has 1 saturated heterocycles. The van der Waals surface area contributed by atoms with Crippen molar-refractivity contribution in [3.63, 3.8) is 0 Å². The Morgan fingerprint density at radius 2 is 1.71 bits per heavy atom. The maximum atomic E-state index is 12.7. The van der Waals surface area contributed by atoms with E-state index in [1.165, 1.54) is 4.31 Å². The van der Waals surface area contributed by atoms with Gasteiger partial charge in [-0.05, 0) is 37.0 Å². The van der Waals surface area contributed by atoms with Gasteiger partial charge in [-0.15, -0.1) is 0 Å². The van der Waals surface area contributed by atoms with Crippen LogP contribution in [0.2, 0.25) is 0 Å². The lowest BCUT2D eigenvalue weighted by molar-refractivity contribution is 0.0934. The minimum Gasteiger partial charge on any atom is -0.450 e. The minimum atomic E-state index is -3.52. The summed E-state index contributed by atoms with van der Waals surface area (Å²) in [6.45, 7) is 7.58. The summed E-state index contributed by atoms with van der Waals surface area (Å²) in [5, 5.41) is 0. The smallest absolute Gasteiger partial charge is 0.409 e. The number of amides is 1. The summed E-state index contributed by atoms with van der Waals surface area (Å²) in [7, 11) is -3.52. The first-order chi connectivity index (χ1) is 11.4. The van der Waals surface area contributed by atoms with Crippen LogP contribution in [0.4, 0.5) is 4.79 Å². The van der Waals surface area contributed by atoms with Crippen LogP contribution in [-0.4, -0.2) is 56.5 Å². The van der Waals surface area contributed by atoms with Crippen molar-refractivity contribution in [3.05, 3.63) is 29.8 Å². The molecule has 0 aromatic heterocycles. The van der Waals surface area contributed by atoms with E-state index in [4.69, 9.17) is 4.74 Å². The third-order valence-corrected chi connectivity index (χ3v) is 6.38. The number of ether oxygens (including phenoxy) is 1. The van der Waals surface area contributed by atoms with Crippen LogP contribution < -0.4 is 0 Å². The molecule has 1 aromatic rings. The molecule has 1 amide bonds. The summed E-state index contributed by atoms with van der Waals surface area (Å²) >= 11 is 0. The third-order valence-electron chi connectivity index (χ3n) is 4.46. The Morgan fingerprint density at radius 3 is 2.21 bits per heavy atom. The van der Waals surface area contributed by atoms with Gasteiger partial charge in [0.2, 0.25) is 10.0 Å². The molecule has 7 heteroatoms. The average molecular weight is 354 g/mol. The molecule has 1 aromatic carbocycles. The molecule has 0 aliphatic carbocycles. The molecule has 24 heavy (non-hydrogen) atoms. The van der Waals surface area contributed by atoms with Gasteiger partial charge in [-0.25, -0.2) is 13.2 Å². The van der Waals surface area contributed by atoms with E-state index in [1.54, 1.807) is 24.0 Å². The lowest BCUT2D eigenvalue weighted by Crippen LogP contribution is -2.50. The zero-order chi connectivity index (χ0) is 17.7. The van der Waals surface area contributed by atoms with Crippen molar-refractivity contribution >= 4 is 16.1 Å². The molecule has 0 bridgehead atoms. The molecule has 0 saturated carbocycles. The van der Waals surface area contributed by atoms with E-state index >= 15 is 0 Å². The van der Waals surface area contributed by atoms with E-state index < -0.39 is 10.0 Å². The summed E-state index contributed by atoms with van der Waals surface area (Å²) in [6.07, 6.45) is 0.634. The Kier molecular flexibility index (Phi) is 6.23. The SMILES string of the molecule is CCOC(=O)N1CCN(S(=O)(=O)c2ccc([C@H](C)CC)cc2)CC1. The minimum absolute atomic E-state index is 0.286. The first kappa shape index (κ1) is 18.7. The van der Waals surface area contributed by atoms with Crippen LogP contribution in [0.1, 0.15) is 38.7 Å². The molecule has 0 unspecified atom stereocenters. The topological polar surface area (TPSA) is 66.9 Å².